The molecule has 110 valence electrons. The van der Waals surface area contributed by atoms with Crippen molar-refractivity contribution in [1.29, 1.82) is 0 Å². The van der Waals surface area contributed by atoms with Crippen LogP contribution in [0.15, 0.2) is 0 Å². The van der Waals surface area contributed by atoms with Crippen molar-refractivity contribution in [1.82, 2.24) is 10.2 Å². The Balaban J connectivity index is 1.93. The molecule has 2 saturated carbocycles. The Labute approximate surface area is 116 Å². The molecular formula is C15H28N2O2. The maximum Gasteiger partial charge on any atom is 0.323 e. The van der Waals surface area contributed by atoms with Gasteiger partial charge in [0, 0.05) is 18.1 Å². The lowest BCUT2D eigenvalue weighted by molar-refractivity contribution is -0.145. The van der Waals surface area contributed by atoms with E-state index in [-0.39, 0.29) is 0 Å². The van der Waals surface area contributed by atoms with Gasteiger partial charge in [-0.2, -0.15) is 0 Å². The van der Waals surface area contributed by atoms with E-state index in [1.54, 1.807) is 0 Å². The molecule has 0 heterocycles. The normalized spacial score (nSPS) is 25.5. The quantitative estimate of drug-likeness (QED) is 0.743. The van der Waals surface area contributed by atoms with Crippen LogP contribution in [0.3, 0.4) is 0 Å². The van der Waals surface area contributed by atoms with Crippen LogP contribution in [-0.4, -0.2) is 46.7 Å². The van der Waals surface area contributed by atoms with Crippen LogP contribution in [0.25, 0.3) is 0 Å². The maximum atomic E-state index is 11.6. The summed E-state index contributed by atoms with van der Waals surface area (Å²) in [4.78, 5) is 14.0. The minimum Gasteiger partial charge on any atom is -0.480 e. The van der Waals surface area contributed by atoms with Crippen molar-refractivity contribution in [3.63, 3.8) is 0 Å². The van der Waals surface area contributed by atoms with E-state index >= 15 is 0 Å². The van der Waals surface area contributed by atoms with Crippen LogP contribution in [-0.2, 0) is 4.79 Å². The molecule has 2 aliphatic carbocycles. The second-order valence-electron chi connectivity index (χ2n) is 6.71. The second-order valence-corrected chi connectivity index (χ2v) is 6.71. The van der Waals surface area contributed by atoms with Gasteiger partial charge in [0.2, 0.25) is 0 Å². The van der Waals surface area contributed by atoms with Gasteiger partial charge in [0.1, 0.15) is 5.54 Å². The van der Waals surface area contributed by atoms with Gasteiger partial charge < -0.3 is 10.0 Å². The smallest absolute Gasteiger partial charge is 0.323 e. The van der Waals surface area contributed by atoms with Crippen molar-refractivity contribution < 1.29 is 9.90 Å². The summed E-state index contributed by atoms with van der Waals surface area (Å²) in [6.45, 7) is 4.00. The molecule has 0 aromatic rings. The van der Waals surface area contributed by atoms with Gasteiger partial charge in [-0.1, -0.05) is 12.8 Å². The predicted octanol–water partition coefficient (Wildman–Crippen LogP) is 2.23. The summed E-state index contributed by atoms with van der Waals surface area (Å²) in [6, 6.07) is 1.37. The lowest BCUT2D eigenvalue weighted by Gasteiger charge is -2.36. The monoisotopic (exact) mass is 268 g/mol. The van der Waals surface area contributed by atoms with E-state index in [9.17, 15) is 9.90 Å². The molecule has 0 radical (unpaired) electrons. The largest absolute Gasteiger partial charge is 0.480 e. The van der Waals surface area contributed by atoms with Crippen LogP contribution in [0.2, 0.25) is 0 Å². The molecule has 0 amide bonds. The fourth-order valence-electron chi connectivity index (χ4n) is 3.29. The van der Waals surface area contributed by atoms with Gasteiger partial charge in [0.15, 0.2) is 0 Å². The summed E-state index contributed by atoms with van der Waals surface area (Å²) in [5, 5.41) is 12.8. The summed E-state index contributed by atoms with van der Waals surface area (Å²) < 4.78 is 0. The van der Waals surface area contributed by atoms with Crippen LogP contribution < -0.4 is 5.32 Å². The topological polar surface area (TPSA) is 52.6 Å². The van der Waals surface area contributed by atoms with Crippen molar-refractivity contribution >= 4 is 5.97 Å². The number of nitrogens with one attached hydrogen (secondary N) is 1. The van der Waals surface area contributed by atoms with Gasteiger partial charge in [-0.15, -0.1) is 0 Å². The van der Waals surface area contributed by atoms with Gasteiger partial charge >= 0.3 is 5.97 Å². The third-order valence-electron chi connectivity index (χ3n) is 4.87. The summed E-state index contributed by atoms with van der Waals surface area (Å²) in [5.41, 5.74) is -0.784. The third kappa shape index (κ3) is 3.69. The number of carboxylic acids is 1. The Morgan fingerprint density at radius 2 is 1.95 bits per heavy atom. The maximum absolute atomic E-state index is 11.6. The fourth-order valence-corrected chi connectivity index (χ4v) is 3.29. The molecule has 19 heavy (non-hydrogen) atoms. The summed E-state index contributed by atoms with van der Waals surface area (Å²) in [7, 11) is 2.15. The first kappa shape index (κ1) is 14.8. The van der Waals surface area contributed by atoms with Crippen LogP contribution in [0, 0.1) is 0 Å². The predicted molar refractivity (Wildman–Crippen MR) is 76.3 cm³/mol. The molecule has 2 aliphatic rings. The number of carboxylic acid groups (broad SMARTS) is 1. The van der Waals surface area contributed by atoms with Crippen molar-refractivity contribution in [2.24, 2.45) is 0 Å². The molecule has 0 aromatic heterocycles. The summed E-state index contributed by atoms with van der Waals surface area (Å²) in [5.74, 6) is -0.717. The minimum atomic E-state index is -0.784. The molecule has 0 saturated heterocycles. The molecular weight excluding hydrogens is 240 g/mol. The Kier molecular flexibility index (Phi) is 4.51. The van der Waals surface area contributed by atoms with E-state index < -0.39 is 11.5 Å². The Bertz CT molecular complexity index is 324. The average Bonchev–Trinajstić information content (AvgIpc) is 2.97. The Hall–Kier alpha value is -0.610. The van der Waals surface area contributed by atoms with Crippen molar-refractivity contribution in [3.8, 4) is 0 Å². The van der Waals surface area contributed by atoms with Crippen molar-refractivity contribution in [2.75, 3.05) is 7.05 Å². The number of carbonyl (C=O) groups is 1. The molecule has 0 spiro atoms. The highest BCUT2D eigenvalue weighted by atomic mass is 16.4. The standard InChI is InChI=1S/C15H28N2O2/c1-11(17(3)13-6-4-5-7-13)10-15(2,14(18)19)16-12-8-9-12/h11-13,16H,4-10H2,1-3H3,(H,18,19). The highest BCUT2D eigenvalue weighted by Crippen LogP contribution is 2.29. The van der Waals surface area contributed by atoms with Crippen LogP contribution in [0.4, 0.5) is 0 Å². The number of aliphatic carboxylic acids is 1. The number of hydrogen-bond acceptors (Lipinski definition) is 3. The molecule has 2 atom stereocenters. The Morgan fingerprint density at radius 3 is 2.42 bits per heavy atom. The van der Waals surface area contributed by atoms with Crippen molar-refractivity contribution in [2.45, 2.75) is 82.5 Å². The SMILES string of the molecule is CC(CC(C)(NC1CC1)C(=O)O)N(C)C1CCCC1. The molecule has 2 unspecified atom stereocenters. The average molecular weight is 268 g/mol. The molecule has 0 aliphatic heterocycles. The number of rotatable bonds is 7. The summed E-state index contributed by atoms with van der Waals surface area (Å²) in [6.07, 6.45) is 8.08. The fraction of sp³-hybridized carbons (Fsp3) is 0.933. The first-order valence-electron chi connectivity index (χ1n) is 7.65. The van der Waals surface area contributed by atoms with Crippen LogP contribution in [0.1, 0.15) is 58.8 Å². The van der Waals surface area contributed by atoms with E-state index in [1.807, 2.05) is 6.92 Å². The molecule has 0 bridgehead atoms. The van der Waals surface area contributed by atoms with E-state index in [0.29, 0.717) is 24.5 Å². The van der Waals surface area contributed by atoms with E-state index in [1.165, 1.54) is 25.7 Å². The van der Waals surface area contributed by atoms with E-state index in [4.69, 9.17) is 0 Å². The second kappa shape index (κ2) is 5.80. The Morgan fingerprint density at radius 1 is 1.37 bits per heavy atom. The van der Waals surface area contributed by atoms with Crippen molar-refractivity contribution in [3.05, 3.63) is 0 Å². The first-order valence-corrected chi connectivity index (χ1v) is 7.65. The molecule has 2 fully saturated rings. The van der Waals surface area contributed by atoms with Gasteiger partial charge in [0.25, 0.3) is 0 Å². The zero-order chi connectivity index (χ0) is 14.0. The number of nitrogens with zero attached hydrogens (tertiary/aromatic N) is 1. The lowest BCUT2D eigenvalue weighted by atomic mass is 9.92. The zero-order valence-corrected chi connectivity index (χ0v) is 12.5. The molecule has 4 nitrogen and oxygen atoms in total. The lowest BCUT2D eigenvalue weighted by Crippen LogP contribution is -2.54. The third-order valence-corrected chi connectivity index (χ3v) is 4.87. The highest BCUT2D eigenvalue weighted by Gasteiger charge is 2.40. The molecule has 2 rings (SSSR count). The minimum absolute atomic E-state index is 0.301. The zero-order valence-electron chi connectivity index (χ0n) is 12.5. The van der Waals surface area contributed by atoms with Gasteiger partial charge in [0.05, 0.1) is 0 Å². The first-order chi connectivity index (χ1) is 8.92. The van der Waals surface area contributed by atoms with Gasteiger partial charge in [-0.3, -0.25) is 10.1 Å². The van der Waals surface area contributed by atoms with E-state index in [0.717, 1.165) is 12.8 Å². The number of hydrogen-bond donors (Lipinski definition) is 2. The van der Waals surface area contributed by atoms with Gasteiger partial charge in [-0.05, 0) is 53.0 Å². The van der Waals surface area contributed by atoms with Crippen LogP contribution >= 0.6 is 0 Å². The molecule has 2 N–H and O–H groups in total. The van der Waals surface area contributed by atoms with Gasteiger partial charge in [-0.25, -0.2) is 0 Å². The van der Waals surface area contributed by atoms with E-state index in [2.05, 4.69) is 24.2 Å². The molecule has 0 aromatic carbocycles. The summed E-state index contributed by atoms with van der Waals surface area (Å²) >= 11 is 0. The molecule has 4 heteroatoms. The van der Waals surface area contributed by atoms with Crippen LogP contribution in [0.5, 0.6) is 0 Å². The highest BCUT2D eigenvalue weighted by molar-refractivity contribution is 5.78.